The van der Waals surface area contributed by atoms with Gasteiger partial charge in [-0.3, -0.25) is 9.71 Å². The first-order valence-corrected chi connectivity index (χ1v) is 5.22. The van der Waals surface area contributed by atoms with Crippen molar-refractivity contribution in [3.63, 3.8) is 0 Å². The third kappa shape index (κ3) is 3.16. The molecule has 0 unspecified atom stereocenters. The fourth-order valence-electron chi connectivity index (χ4n) is 0.632. The average Bonchev–Trinajstić information content (AvgIpc) is 1.82. The number of hydrogen-bond acceptors (Lipinski definition) is 3. The zero-order valence-corrected chi connectivity index (χ0v) is 8.26. The molecule has 5 nitrogen and oxygen atoms in total. The van der Waals surface area contributed by atoms with Crippen LogP contribution in [0.5, 0.6) is 0 Å². The van der Waals surface area contributed by atoms with Crippen molar-refractivity contribution in [1.82, 2.24) is 4.98 Å². The van der Waals surface area contributed by atoms with Gasteiger partial charge in [0.1, 0.15) is 0 Å². The fourth-order valence-corrected chi connectivity index (χ4v) is 1.44. The normalized spacial score (nSPS) is 11.2. The summed E-state index contributed by atoms with van der Waals surface area (Å²) in [6.07, 6.45) is 2.89. The quantitative estimate of drug-likeness (QED) is 0.801. The Balaban J connectivity index is 2.91. The lowest BCUT2D eigenvalue weighted by Crippen LogP contribution is -2.21. The van der Waals surface area contributed by atoms with Crippen molar-refractivity contribution in [2.24, 2.45) is 5.14 Å². The predicted octanol–water partition coefficient (Wildman–Crippen LogP) is 0.459. The van der Waals surface area contributed by atoms with Crippen molar-refractivity contribution in [2.75, 3.05) is 4.72 Å². The second kappa shape index (κ2) is 3.38. The van der Waals surface area contributed by atoms with Crippen LogP contribution in [-0.4, -0.2) is 13.4 Å². The Bertz CT molecular complexity index is 378. The van der Waals surface area contributed by atoms with Gasteiger partial charge in [0, 0.05) is 10.7 Å². The van der Waals surface area contributed by atoms with E-state index in [1.807, 2.05) is 0 Å². The molecule has 3 N–H and O–H groups in total. The van der Waals surface area contributed by atoms with Crippen molar-refractivity contribution in [2.45, 2.75) is 0 Å². The molecule has 0 saturated carbocycles. The number of hydrogen-bond donors (Lipinski definition) is 2. The summed E-state index contributed by atoms with van der Waals surface area (Å²) >= 11 is 3.13. The van der Waals surface area contributed by atoms with Gasteiger partial charge in [-0.05, 0) is 22.0 Å². The van der Waals surface area contributed by atoms with Gasteiger partial charge >= 0.3 is 0 Å². The maximum atomic E-state index is 10.5. The Hall–Kier alpha value is -0.660. The summed E-state index contributed by atoms with van der Waals surface area (Å²) in [5, 5.41) is 4.74. The van der Waals surface area contributed by atoms with E-state index in [-0.39, 0.29) is 0 Å². The van der Waals surface area contributed by atoms with Crippen LogP contribution in [-0.2, 0) is 10.2 Å². The average molecular weight is 252 g/mol. The molecule has 0 amide bonds. The highest BCUT2D eigenvalue weighted by Gasteiger charge is 2.01. The second-order valence-electron chi connectivity index (χ2n) is 2.04. The molecule has 1 aromatic rings. The van der Waals surface area contributed by atoms with E-state index in [0.717, 1.165) is 0 Å². The molecule has 0 fully saturated rings. The van der Waals surface area contributed by atoms with Gasteiger partial charge in [-0.25, -0.2) is 5.14 Å². The first-order valence-electron chi connectivity index (χ1n) is 2.88. The van der Waals surface area contributed by atoms with Gasteiger partial charge < -0.3 is 0 Å². The molecule has 0 radical (unpaired) electrons. The highest BCUT2D eigenvalue weighted by Crippen LogP contribution is 2.13. The van der Waals surface area contributed by atoms with E-state index in [1.54, 1.807) is 6.07 Å². The Morgan fingerprint density at radius 1 is 1.50 bits per heavy atom. The molecule has 0 bridgehead atoms. The molecule has 0 aliphatic heterocycles. The van der Waals surface area contributed by atoms with Gasteiger partial charge in [0.2, 0.25) is 0 Å². The van der Waals surface area contributed by atoms with Gasteiger partial charge in [-0.15, -0.1) is 0 Å². The summed E-state index contributed by atoms with van der Waals surface area (Å²) < 4.78 is 23.8. The minimum absolute atomic E-state index is 0.326. The Morgan fingerprint density at radius 3 is 2.67 bits per heavy atom. The summed E-state index contributed by atoms with van der Waals surface area (Å²) in [6, 6.07) is 1.55. The van der Waals surface area contributed by atoms with E-state index in [0.29, 0.717) is 10.2 Å². The van der Waals surface area contributed by atoms with E-state index >= 15 is 0 Å². The monoisotopic (exact) mass is 251 g/mol. The topological polar surface area (TPSA) is 85.1 Å². The number of nitrogens with two attached hydrogens (primary N) is 1. The molecule has 66 valence electrons. The number of rotatable bonds is 2. The molecule has 0 saturated heterocycles. The van der Waals surface area contributed by atoms with E-state index < -0.39 is 10.2 Å². The molecule has 12 heavy (non-hydrogen) atoms. The van der Waals surface area contributed by atoms with Crippen LogP contribution >= 0.6 is 15.9 Å². The number of aromatic nitrogens is 1. The fraction of sp³-hybridized carbons (Fsp3) is 0. The molecule has 0 spiro atoms. The van der Waals surface area contributed by atoms with Crippen LogP contribution in [0, 0.1) is 0 Å². The van der Waals surface area contributed by atoms with Gasteiger partial charge in [-0.1, -0.05) is 0 Å². The first-order chi connectivity index (χ1) is 5.47. The van der Waals surface area contributed by atoms with Crippen molar-refractivity contribution in [1.29, 1.82) is 0 Å². The molecule has 1 rings (SSSR count). The molecule has 1 aromatic heterocycles. The van der Waals surface area contributed by atoms with Gasteiger partial charge in [0.25, 0.3) is 10.2 Å². The third-order valence-electron chi connectivity index (χ3n) is 0.965. The molecule has 0 aliphatic carbocycles. The van der Waals surface area contributed by atoms with Crippen LogP contribution in [0.15, 0.2) is 22.9 Å². The Labute approximate surface area is 78.3 Å². The molecule has 0 atom stereocenters. The second-order valence-corrected chi connectivity index (χ2v) is 4.25. The summed E-state index contributed by atoms with van der Waals surface area (Å²) in [5.74, 6) is 0. The smallest absolute Gasteiger partial charge is 0.270 e. The zero-order chi connectivity index (χ0) is 9.19. The number of nitrogens with zero attached hydrogens (tertiary/aromatic N) is 1. The maximum absolute atomic E-state index is 10.5. The largest absolute Gasteiger partial charge is 0.296 e. The van der Waals surface area contributed by atoms with Crippen molar-refractivity contribution in [3.05, 3.63) is 22.9 Å². The van der Waals surface area contributed by atoms with Crippen molar-refractivity contribution >= 4 is 31.8 Å². The zero-order valence-electron chi connectivity index (χ0n) is 5.86. The lowest BCUT2D eigenvalue weighted by Gasteiger charge is -2.01. The number of anilines is 1. The summed E-state index contributed by atoms with van der Waals surface area (Å²) in [6.45, 7) is 0. The summed E-state index contributed by atoms with van der Waals surface area (Å²) in [4.78, 5) is 3.74. The van der Waals surface area contributed by atoms with E-state index in [4.69, 9.17) is 5.14 Å². The lowest BCUT2D eigenvalue weighted by molar-refractivity contribution is 0.603. The highest BCUT2D eigenvalue weighted by atomic mass is 79.9. The van der Waals surface area contributed by atoms with Crippen molar-refractivity contribution < 1.29 is 8.42 Å². The van der Waals surface area contributed by atoms with Gasteiger partial charge in [0.05, 0.1) is 11.9 Å². The highest BCUT2D eigenvalue weighted by molar-refractivity contribution is 9.10. The first kappa shape index (κ1) is 9.43. The summed E-state index contributed by atoms with van der Waals surface area (Å²) in [5.41, 5.74) is 0.326. The standard InChI is InChI=1S/C5H6BrN3O2S/c6-4-1-5(3-8-2-4)9-12(7,10)11/h1-3,9H,(H2,7,10,11). The SMILES string of the molecule is NS(=O)(=O)Nc1cncc(Br)c1. The minimum Gasteiger partial charge on any atom is -0.270 e. The van der Waals surface area contributed by atoms with E-state index in [1.165, 1.54) is 12.4 Å². The van der Waals surface area contributed by atoms with Crippen LogP contribution in [0.4, 0.5) is 5.69 Å². The van der Waals surface area contributed by atoms with Crippen LogP contribution in [0.3, 0.4) is 0 Å². The number of nitrogens with one attached hydrogen (secondary N) is 1. The van der Waals surface area contributed by atoms with E-state index in [9.17, 15) is 8.42 Å². The summed E-state index contributed by atoms with van der Waals surface area (Å²) in [7, 11) is -3.70. The molecular formula is C5H6BrN3O2S. The molecular weight excluding hydrogens is 246 g/mol. The van der Waals surface area contributed by atoms with Gasteiger partial charge in [0.15, 0.2) is 0 Å². The predicted molar refractivity (Wildman–Crippen MR) is 48.7 cm³/mol. The molecule has 0 aromatic carbocycles. The Morgan fingerprint density at radius 2 is 2.17 bits per heavy atom. The van der Waals surface area contributed by atoms with E-state index in [2.05, 4.69) is 25.6 Å². The lowest BCUT2D eigenvalue weighted by atomic mass is 10.4. The molecule has 1 heterocycles. The van der Waals surface area contributed by atoms with Crippen molar-refractivity contribution in [3.8, 4) is 0 Å². The third-order valence-corrected chi connectivity index (χ3v) is 1.92. The van der Waals surface area contributed by atoms with Crippen LogP contribution in [0.25, 0.3) is 0 Å². The molecule has 7 heteroatoms. The minimum atomic E-state index is -3.70. The van der Waals surface area contributed by atoms with Crippen LogP contribution in [0.2, 0.25) is 0 Å². The Kier molecular flexibility index (Phi) is 2.65. The number of halogens is 1. The van der Waals surface area contributed by atoms with Crippen LogP contribution < -0.4 is 9.86 Å². The maximum Gasteiger partial charge on any atom is 0.296 e. The molecule has 0 aliphatic rings. The van der Waals surface area contributed by atoms with Gasteiger partial charge in [-0.2, -0.15) is 8.42 Å². The number of pyridine rings is 1. The van der Waals surface area contributed by atoms with Crippen LogP contribution in [0.1, 0.15) is 0 Å².